The normalized spacial score (nSPS) is 23.3. The molecular weight excluding hydrogens is 228 g/mol. The molecule has 0 saturated carbocycles. The maximum atomic E-state index is 5.97. The number of ether oxygens (including phenoxy) is 2. The minimum atomic E-state index is -0.478. The lowest BCUT2D eigenvalue weighted by atomic mass is 10.3. The minimum absolute atomic E-state index is 0.0548. The van der Waals surface area contributed by atoms with E-state index in [1.165, 1.54) is 0 Å². The summed E-state index contributed by atoms with van der Waals surface area (Å²) in [4.78, 5) is 3.92. The van der Waals surface area contributed by atoms with Crippen LogP contribution in [0.25, 0.3) is 0 Å². The average Bonchev–Trinajstić information content (AvgIpc) is 2.57. The second-order valence-electron chi connectivity index (χ2n) is 4.19. The van der Waals surface area contributed by atoms with Crippen LogP contribution < -0.4 is 5.32 Å². The molecule has 0 bridgehead atoms. The van der Waals surface area contributed by atoms with Crippen LogP contribution in [-0.2, 0) is 9.47 Å². The Hall–Kier alpha value is -0.840. The van der Waals surface area contributed by atoms with Gasteiger partial charge in [0.25, 0.3) is 0 Å². The van der Waals surface area contributed by atoms with Gasteiger partial charge in [0.1, 0.15) is 6.10 Å². The van der Waals surface area contributed by atoms with Gasteiger partial charge in [-0.15, -0.1) is 0 Å². The summed E-state index contributed by atoms with van der Waals surface area (Å²) >= 11 is 5.97. The highest BCUT2D eigenvalue weighted by Gasteiger charge is 2.32. The minimum Gasteiger partial charge on any atom is -0.381 e. The third kappa shape index (κ3) is 2.84. The summed E-state index contributed by atoms with van der Waals surface area (Å²) in [5.41, 5.74) is 0.866. The highest BCUT2D eigenvalue weighted by atomic mass is 35.5. The molecule has 1 aromatic rings. The fraction of sp³-hybridized carbons (Fsp3) is 0.545. The molecule has 1 N–H and O–H groups in total. The van der Waals surface area contributed by atoms with Crippen molar-refractivity contribution in [2.24, 2.45) is 0 Å². The molecule has 1 atom stereocenters. The Morgan fingerprint density at radius 3 is 3.06 bits per heavy atom. The lowest BCUT2D eigenvalue weighted by Gasteiger charge is -2.17. The number of nitrogens with one attached hydrogen (secondary N) is 1. The molecule has 4 nitrogen and oxygen atoms in total. The largest absolute Gasteiger partial charge is 0.381 e. The van der Waals surface area contributed by atoms with Crippen molar-refractivity contribution in [1.82, 2.24) is 4.98 Å². The second kappa shape index (κ2) is 4.57. The Labute approximate surface area is 99.9 Å². The van der Waals surface area contributed by atoms with E-state index >= 15 is 0 Å². The Morgan fingerprint density at radius 2 is 2.44 bits per heavy atom. The molecule has 1 unspecified atom stereocenters. The topological polar surface area (TPSA) is 43.4 Å². The molecule has 0 spiro atoms. The molecule has 1 saturated heterocycles. The van der Waals surface area contributed by atoms with Crippen molar-refractivity contribution in [3.8, 4) is 0 Å². The predicted octanol–water partition coefficient (Wildman–Crippen LogP) is 2.30. The van der Waals surface area contributed by atoms with Gasteiger partial charge in [-0.1, -0.05) is 11.6 Å². The van der Waals surface area contributed by atoms with Gasteiger partial charge in [-0.2, -0.15) is 0 Å². The van der Waals surface area contributed by atoms with E-state index in [0.717, 1.165) is 5.69 Å². The van der Waals surface area contributed by atoms with Crippen LogP contribution in [0.3, 0.4) is 0 Å². The van der Waals surface area contributed by atoms with E-state index in [1.54, 1.807) is 12.4 Å². The summed E-state index contributed by atoms with van der Waals surface area (Å²) < 4.78 is 11.1. The summed E-state index contributed by atoms with van der Waals surface area (Å²) in [7, 11) is 0. The molecule has 1 aromatic heterocycles. The van der Waals surface area contributed by atoms with E-state index in [-0.39, 0.29) is 6.10 Å². The van der Waals surface area contributed by atoms with E-state index in [4.69, 9.17) is 21.1 Å². The van der Waals surface area contributed by atoms with Crippen molar-refractivity contribution in [1.29, 1.82) is 0 Å². The molecule has 0 radical (unpaired) electrons. The van der Waals surface area contributed by atoms with Gasteiger partial charge in [-0.25, -0.2) is 0 Å². The number of pyridine rings is 1. The van der Waals surface area contributed by atoms with E-state index in [0.29, 0.717) is 18.2 Å². The summed E-state index contributed by atoms with van der Waals surface area (Å²) in [5, 5.41) is 3.83. The van der Waals surface area contributed by atoms with Crippen LogP contribution in [0.4, 0.5) is 5.69 Å². The lowest BCUT2D eigenvalue weighted by molar-refractivity contribution is -0.136. The highest BCUT2D eigenvalue weighted by Crippen LogP contribution is 2.24. The van der Waals surface area contributed by atoms with Gasteiger partial charge in [0.2, 0.25) is 0 Å². The summed E-state index contributed by atoms with van der Waals surface area (Å²) in [5.74, 6) is -0.478. The zero-order chi connectivity index (χ0) is 11.6. The van der Waals surface area contributed by atoms with Crippen molar-refractivity contribution in [3.63, 3.8) is 0 Å². The zero-order valence-corrected chi connectivity index (χ0v) is 10.1. The van der Waals surface area contributed by atoms with Gasteiger partial charge in [0.05, 0.1) is 17.3 Å². The van der Waals surface area contributed by atoms with Crippen molar-refractivity contribution in [2.45, 2.75) is 25.7 Å². The number of hydrogen-bond donors (Lipinski definition) is 1. The monoisotopic (exact) mass is 242 g/mol. The van der Waals surface area contributed by atoms with Gasteiger partial charge in [0.15, 0.2) is 5.79 Å². The predicted molar refractivity (Wildman–Crippen MR) is 62.6 cm³/mol. The Morgan fingerprint density at radius 1 is 1.62 bits per heavy atom. The maximum Gasteiger partial charge on any atom is 0.163 e. The summed E-state index contributed by atoms with van der Waals surface area (Å²) in [6.45, 7) is 5.09. The first-order valence-electron chi connectivity index (χ1n) is 5.22. The first kappa shape index (κ1) is 11.6. The molecule has 5 heteroatoms. The van der Waals surface area contributed by atoms with Gasteiger partial charge >= 0.3 is 0 Å². The van der Waals surface area contributed by atoms with Gasteiger partial charge < -0.3 is 14.8 Å². The molecular formula is C11H15ClN2O2. The van der Waals surface area contributed by atoms with E-state index < -0.39 is 5.79 Å². The first-order chi connectivity index (χ1) is 7.57. The van der Waals surface area contributed by atoms with Gasteiger partial charge in [-0.3, -0.25) is 4.98 Å². The van der Waals surface area contributed by atoms with E-state index in [9.17, 15) is 0 Å². The zero-order valence-electron chi connectivity index (χ0n) is 9.37. The molecule has 0 aliphatic carbocycles. The summed E-state index contributed by atoms with van der Waals surface area (Å²) in [6, 6.07) is 1.84. The summed E-state index contributed by atoms with van der Waals surface area (Å²) in [6.07, 6.45) is 3.36. The highest BCUT2D eigenvalue weighted by molar-refractivity contribution is 6.33. The van der Waals surface area contributed by atoms with Gasteiger partial charge in [0, 0.05) is 18.9 Å². The molecule has 1 fully saturated rings. The number of halogens is 1. The van der Waals surface area contributed by atoms with Crippen molar-refractivity contribution in [2.75, 3.05) is 18.5 Å². The van der Waals surface area contributed by atoms with Crippen LogP contribution in [0.5, 0.6) is 0 Å². The van der Waals surface area contributed by atoms with Crippen molar-refractivity contribution < 1.29 is 9.47 Å². The number of aromatic nitrogens is 1. The van der Waals surface area contributed by atoms with Crippen LogP contribution in [0.2, 0.25) is 5.02 Å². The smallest absolute Gasteiger partial charge is 0.163 e. The molecule has 0 aromatic carbocycles. The number of rotatable bonds is 3. The van der Waals surface area contributed by atoms with Crippen LogP contribution in [0.15, 0.2) is 18.5 Å². The molecule has 16 heavy (non-hydrogen) atoms. The van der Waals surface area contributed by atoms with E-state index in [1.807, 2.05) is 19.9 Å². The number of nitrogens with zero attached hydrogens (tertiary/aromatic N) is 1. The van der Waals surface area contributed by atoms with Crippen molar-refractivity contribution >= 4 is 17.3 Å². The van der Waals surface area contributed by atoms with Crippen LogP contribution in [-0.4, -0.2) is 30.0 Å². The van der Waals surface area contributed by atoms with Crippen LogP contribution in [0, 0.1) is 0 Å². The lowest BCUT2D eigenvalue weighted by Crippen LogP contribution is -2.26. The third-order valence-electron chi connectivity index (χ3n) is 2.36. The Balaban J connectivity index is 1.87. The molecule has 1 aliphatic rings. The number of anilines is 1. The molecule has 1 aliphatic heterocycles. The van der Waals surface area contributed by atoms with E-state index in [2.05, 4.69) is 10.3 Å². The fourth-order valence-corrected chi connectivity index (χ4v) is 1.79. The first-order valence-corrected chi connectivity index (χ1v) is 5.60. The fourth-order valence-electron chi connectivity index (χ4n) is 1.61. The van der Waals surface area contributed by atoms with Crippen LogP contribution >= 0.6 is 11.6 Å². The Kier molecular flexibility index (Phi) is 3.33. The standard InChI is InChI=1S/C11H15ClN2O2/c1-11(2)15-7-8(16-11)5-14-10-3-4-13-6-9(10)12/h3-4,6,8H,5,7H2,1-2H3,(H,13,14). The maximum absolute atomic E-state index is 5.97. The second-order valence-corrected chi connectivity index (χ2v) is 4.59. The molecule has 88 valence electrons. The van der Waals surface area contributed by atoms with Crippen molar-refractivity contribution in [3.05, 3.63) is 23.5 Å². The quantitative estimate of drug-likeness (QED) is 0.883. The third-order valence-corrected chi connectivity index (χ3v) is 2.66. The Bertz CT molecular complexity index is 371. The van der Waals surface area contributed by atoms with Crippen LogP contribution in [0.1, 0.15) is 13.8 Å². The number of hydrogen-bond acceptors (Lipinski definition) is 4. The molecule has 0 amide bonds. The molecule has 2 heterocycles. The van der Waals surface area contributed by atoms with Gasteiger partial charge in [-0.05, 0) is 19.9 Å². The molecule has 2 rings (SSSR count). The SMILES string of the molecule is CC1(C)OCC(CNc2ccncc2Cl)O1. The average molecular weight is 243 g/mol.